The van der Waals surface area contributed by atoms with E-state index in [0.29, 0.717) is 11.5 Å². The van der Waals surface area contributed by atoms with E-state index in [1.165, 1.54) is 0 Å². The van der Waals surface area contributed by atoms with Crippen LogP contribution < -0.4 is 14.2 Å². The fourth-order valence-corrected chi connectivity index (χ4v) is 7.59. The zero-order valence-corrected chi connectivity index (χ0v) is 34.6. The Hall–Kier alpha value is -6.46. The molecule has 0 saturated carbocycles. The van der Waals surface area contributed by atoms with Gasteiger partial charge in [-0.2, -0.15) is 17.2 Å². The van der Waals surface area contributed by atoms with Crippen molar-refractivity contribution < 1.29 is 34.6 Å². The van der Waals surface area contributed by atoms with Crippen molar-refractivity contribution in [2.24, 2.45) is 0 Å². The van der Waals surface area contributed by atoms with E-state index in [1.807, 2.05) is 115 Å². The van der Waals surface area contributed by atoms with Gasteiger partial charge in [0, 0.05) is 34.5 Å². The summed E-state index contributed by atoms with van der Waals surface area (Å²) in [6.45, 7) is 12.5. The van der Waals surface area contributed by atoms with Crippen LogP contribution in [0.1, 0.15) is 33.6 Å². The number of hydrogen-bond acceptors (Lipinski definition) is 5. The first-order valence-electron chi connectivity index (χ1n) is 19.0. The van der Waals surface area contributed by atoms with Crippen molar-refractivity contribution in [2.45, 2.75) is 41.5 Å². The summed E-state index contributed by atoms with van der Waals surface area (Å²) in [5.74, 6) is 4.87. The van der Waals surface area contributed by atoms with E-state index in [0.717, 1.165) is 101 Å². The topological polar surface area (TPSA) is 63.3 Å². The van der Waals surface area contributed by atoms with Crippen molar-refractivity contribution in [1.82, 2.24) is 19.3 Å². The number of aryl methyl sites for hydroxylation is 2. The van der Waals surface area contributed by atoms with Gasteiger partial charge >= 0.3 is 20.4 Å². The Morgan fingerprint density at radius 2 is 1.19 bits per heavy atom. The molecule has 0 aliphatic rings. The molecule has 7 nitrogen and oxygen atoms in total. The first-order valence-corrected chi connectivity index (χ1v) is 19.0. The molecule has 58 heavy (non-hydrogen) atoms. The van der Waals surface area contributed by atoms with Crippen LogP contribution >= 0.6 is 0 Å². The smallest absolute Gasteiger partial charge is 0.509 e. The quantitative estimate of drug-likeness (QED) is 0.107. The van der Waals surface area contributed by atoms with E-state index in [4.69, 9.17) is 24.3 Å². The second kappa shape index (κ2) is 15.8. The summed E-state index contributed by atoms with van der Waals surface area (Å²) in [5.41, 5.74) is 10.5. The molecule has 0 atom stereocenters. The summed E-state index contributed by atoms with van der Waals surface area (Å²) in [6, 6.07) is 49.1. The largest absolute Gasteiger partial charge is 2.00 e. The third-order valence-corrected chi connectivity index (χ3v) is 10.6. The van der Waals surface area contributed by atoms with Crippen molar-refractivity contribution in [2.75, 3.05) is 0 Å². The minimum atomic E-state index is 0. The van der Waals surface area contributed by atoms with E-state index in [9.17, 15) is 0 Å². The molecule has 0 unspecified atom stereocenters. The first-order chi connectivity index (χ1) is 27.7. The molecule has 0 aliphatic heterocycles. The predicted molar refractivity (Wildman–Crippen MR) is 227 cm³/mol. The van der Waals surface area contributed by atoms with E-state index in [2.05, 4.69) is 81.7 Å². The van der Waals surface area contributed by atoms with E-state index >= 15 is 0 Å². The molecule has 0 fully saturated rings. The molecule has 9 rings (SSSR count). The standard InChI is InChI=1S/C50H40N4O3.Pd/c1-31-26-27-51-46(28-31)53-44-23-14-13-22-42(44)43-25-24-41(30-45(43)53)55-40-21-15-16-37(29-40)54-36(6)47(35(5)52-54)48-49(56-38-17-9-7-10-18-38)33(3)32(2)34(4)50(48)57-39-19-11-8-12-20-39;/h7-28H,1-6H3;/q-2;+2. The maximum absolute atomic E-state index is 6.76. The fourth-order valence-electron chi connectivity index (χ4n) is 7.59. The second-order valence-electron chi connectivity index (χ2n) is 14.3. The van der Waals surface area contributed by atoms with E-state index < -0.39 is 0 Å². The average Bonchev–Trinajstić information content (AvgIpc) is 3.72. The molecule has 0 amide bonds. The number of benzene rings is 6. The molecule has 8 heteroatoms. The number of rotatable bonds is 9. The second-order valence-corrected chi connectivity index (χ2v) is 14.3. The SMILES string of the molecule is Cc1ccnc(-n2c3[c-]c(Oc4[c-]c(-n5nc(C)c(-c6c(Oc7ccccc7)c(C)c(C)c(C)c6Oc6ccccc6)c5C)ccc4)ccc3c3ccccc32)c1.[Pd+2]. The minimum absolute atomic E-state index is 0. The van der Waals surface area contributed by atoms with Gasteiger partial charge in [-0.3, -0.25) is 4.68 Å². The predicted octanol–water partition coefficient (Wildman–Crippen LogP) is 12.9. The summed E-state index contributed by atoms with van der Waals surface area (Å²) in [6.07, 6.45) is 1.84. The van der Waals surface area contributed by atoms with Gasteiger partial charge in [0.25, 0.3) is 0 Å². The van der Waals surface area contributed by atoms with Crippen LogP contribution in [-0.4, -0.2) is 19.3 Å². The number of aromatic nitrogens is 4. The van der Waals surface area contributed by atoms with Gasteiger partial charge in [0.1, 0.15) is 28.8 Å². The zero-order valence-electron chi connectivity index (χ0n) is 33.0. The van der Waals surface area contributed by atoms with Crippen LogP contribution in [0.25, 0.3) is 44.4 Å². The van der Waals surface area contributed by atoms with Gasteiger partial charge in [-0.15, -0.1) is 35.7 Å². The van der Waals surface area contributed by atoms with Gasteiger partial charge in [0.2, 0.25) is 0 Å². The Morgan fingerprint density at radius 1 is 0.552 bits per heavy atom. The summed E-state index contributed by atoms with van der Waals surface area (Å²) in [5, 5.41) is 7.30. The van der Waals surface area contributed by atoms with Crippen LogP contribution in [0.5, 0.6) is 34.5 Å². The molecule has 0 N–H and O–H groups in total. The molecule has 3 heterocycles. The Morgan fingerprint density at radius 3 is 1.86 bits per heavy atom. The molecule has 0 radical (unpaired) electrons. The number of para-hydroxylation sites is 3. The molecule has 288 valence electrons. The summed E-state index contributed by atoms with van der Waals surface area (Å²) < 4.78 is 24.1. The van der Waals surface area contributed by atoms with Crippen molar-refractivity contribution in [1.29, 1.82) is 0 Å². The van der Waals surface area contributed by atoms with Crippen molar-refractivity contribution in [3.05, 3.63) is 179 Å². The number of ether oxygens (including phenoxy) is 3. The van der Waals surface area contributed by atoms with Crippen LogP contribution in [-0.2, 0) is 20.4 Å². The monoisotopic (exact) mass is 850 g/mol. The maximum atomic E-state index is 6.76. The van der Waals surface area contributed by atoms with Crippen molar-refractivity contribution >= 4 is 21.8 Å². The average molecular weight is 851 g/mol. The number of pyridine rings is 1. The number of hydrogen-bond donors (Lipinski definition) is 0. The maximum Gasteiger partial charge on any atom is 2.00 e. The molecule has 9 aromatic rings. The third-order valence-electron chi connectivity index (χ3n) is 10.6. The minimum Gasteiger partial charge on any atom is -0.509 e. The van der Waals surface area contributed by atoms with E-state index in [1.54, 1.807) is 0 Å². The molecular formula is C50H40N4O3Pd. The van der Waals surface area contributed by atoms with Crippen LogP contribution in [0.4, 0.5) is 0 Å². The Labute approximate surface area is 352 Å². The summed E-state index contributed by atoms with van der Waals surface area (Å²) in [7, 11) is 0. The van der Waals surface area contributed by atoms with Gasteiger partial charge in [0.15, 0.2) is 0 Å². The van der Waals surface area contributed by atoms with Crippen LogP contribution in [0.2, 0.25) is 0 Å². The van der Waals surface area contributed by atoms with Gasteiger partial charge < -0.3 is 18.8 Å². The van der Waals surface area contributed by atoms with Crippen molar-refractivity contribution in [3.8, 4) is 57.1 Å². The molecule has 6 aromatic carbocycles. The Bertz CT molecular complexity index is 2880. The molecule has 0 spiro atoms. The molecule has 0 aliphatic carbocycles. The van der Waals surface area contributed by atoms with Gasteiger partial charge in [-0.05, 0) is 117 Å². The molecule has 0 saturated heterocycles. The summed E-state index contributed by atoms with van der Waals surface area (Å²) in [4.78, 5) is 4.72. The fraction of sp³-hybridized carbons (Fsp3) is 0.120. The first kappa shape index (κ1) is 38.4. The van der Waals surface area contributed by atoms with Crippen LogP contribution in [0.3, 0.4) is 0 Å². The number of nitrogens with zero attached hydrogens (tertiary/aromatic N) is 4. The molecule has 0 bridgehead atoms. The molecular weight excluding hydrogens is 811 g/mol. The Kier molecular flexibility index (Phi) is 10.5. The normalized spacial score (nSPS) is 11.1. The third kappa shape index (κ3) is 6.96. The van der Waals surface area contributed by atoms with Gasteiger partial charge in [-0.25, -0.2) is 4.98 Å². The molecule has 3 aromatic heterocycles. The van der Waals surface area contributed by atoms with Gasteiger partial charge in [-0.1, -0.05) is 60.1 Å². The zero-order chi connectivity index (χ0) is 39.2. The Balaban J connectivity index is 0.00000469. The number of fused-ring (bicyclic) bond motifs is 3. The summed E-state index contributed by atoms with van der Waals surface area (Å²) >= 11 is 0. The van der Waals surface area contributed by atoms with Crippen molar-refractivity contribution in [3.63, 3.8) is 0 Å². The van der Waals surface area contributed by atoms with Gasteiger partial charge in [0.05, 0.1) is 11.3 Å². The van der Waals surface area contributed by atoms with E-state index in [-0.39, 0.29) is 20.4 Å². The van der Waals surface area contributed by atoms with Crippen LogP contribution in [0.15, 0.2) is 134 Å². The van der Waals surface area contributed by atoms with Crippen LogP contribution in [0, 0.1) is 53.7 Å².